The van der Waals surface area contributed by atoms with E-state index in [9.17, 15) is 4.79 Å². The summed E-state index contributed by atoms with van der Waals surface area (Å²) in [6.45, 7) is 1.84. The van der Waals surface area contributed by atoms with Crippen LogP contribution in [0.2, 0.25) is 0 Å². The van der Waals surface area contributed by atoms with Crippen LogP contribution in [-0.4, -0.2) is 10.8 Å². The zero-order valence-electron chi connectivity index (χ0n) is 9.84. The Morgan fingerprint density at radius 3 is 2.94 bits per heavy atom. The molecule has 4 nitrogen and oxygen atoms in total. The molecule has 3 rings (SSSR count). The summed E-state index contributed by atoms with van der Waals surface area (Å²) in [5, 5.41) is 0. The Balaban J connectivity index is 2.10. The van der Waals surface area contributed by atoms with Crippen molar-refractivity contribution in [3.63, 3.8) is 0 Å². The second-order valence-electron chi connectivity index (χ2n) is 3.96. The fourth-order valence-corrected chi connectivity index (χ4v) is 1.81. The predicted octanol–water partition coefficient (Wildman–Crippen LogP) is 3.68. The molecule has 18 heavy (non-hydrogen) atoms. The van der Waals surface area contributed by atoms with Crippen molar-refractivity contribution in [2.45, 2.75) is 13.3 Å². The third kappa shape index (κ3) is 1.72. The Morgan fingerprint density at radius 1 is 1.33 bits per heavy atom. The number of fused-ring (bicyclic) bond motifs is 1. The van der Waals surface area contributed by atoms with Gasteiger partial charge < -0.3 is 8.83 Å². The van der Waals surface area contributed by atoms with E-state index in [0.29, 0.717) is 34.7 Å². The van der Waals surface area contributed by atoms with Crippen LogP contribution in [0.15, 0.2) is 45.4 Å². The van der Waals surface area contributed by atoms with Crippen molar-refractivity contribution in [2.75, 3.05) is 0 Å². The summed E-state index contributed by atoms with van der Waals surface area (Å²) in [6.07, 6.45) is 2.05. The fraction of sp³-hybridized carbons (Fsp3) is 0.143. The maximum Gasteiger partial charge on any atom is 0.263 e. The monoisotopic (exact) mass is 241 g/mol. The number of benzene rings is 1. The summed E-state index contributed by atoms with van der Waals surface area (Å²) >= 11 is 0. The standard InChI is InChI=1S/C14H11NO3/c1-2-11(16)9-5-6-12-10(8-9)15-14(18-12)13-4-3-7-17-13/h3-8H,2H2,1H3. The first-order chi connectivity index (χ1) is 8.78. The molecule has 2 aromatic heterocycles. The summed E-state index contributed by atoms with van der Waals surface area (Å²) < 4.78 is 10.8. The van der Waals surface area contributed by atoms with Crippen LogP contribution in [0, 0.1) is 0 Å². The van der Waals surface area contributed by atoms with Gasteiger partial charge in [0.05, 0.1) is 6.26 Å². The van der Waals surface area contributed by atoms with Crippen LogP contribution < -0.4 is 0 Å². The predicted molar refractivity (Wildman–Crippen MR) is 66.3 cm³/mol. The molecule has 0 radical (unpaired) electrons. The molecule has 1 aromatic carbocycles. The van der Waals surface area contributed by atoms with Gasteiger partial charge in [0.15, 0.2) is 17.1 Å². The van der Waals surface area contributed by atoms with Gasteiger partial charge in [-0.15, -0.1) is 0 Å². The number of hydrogen-bond acceptors (Lipinski definition) is 4. The number of nitrogens with zero attached hydrogens (tertiary/aromatic N) is 1. The van der Waals surface area contributed by atoms with Crippen LogP contribution in [0.25, 0.3) is 22.8 Å². The van der Waals surface area contributed by atoms with Crippen molar-refractivity contribution in [3.8, 4) is 11.7 Å². The quantitative estimate of drug-likeness (QED) is 0.656. The molecule has 0 unspecified atom stereocenters. The Labute approximate surface area is 103 Å². The first-order valence-electron chi connectivity index (χ1n) is 5.75. The molecule has 0 aliphatic carbocycles. The lowest BCUT2D eigenvalue weighted by molar-refractivity contribution is 0.0988. The van der Waals surface area contributed by atoms with Gasteiger partial charge in [0, 0.05) is 12.0 Å². The average molecular weight is 241 g/mol. The van der Waals surface area contributed by atoms with Gasteiger partial charge in [-0.05, 0) is 30.3 Å². The largest absolute Gasteiger partial charge is 0.459 e. The SMILES string of the molecule is CCC(=O)c1ccc2oc(-c3ccco3)nc2c1. The van der Waals surface area contributed by atoms with Crippen LogP contribution in [0.1, 0.15) is 23.7 Å². The third-order valence-electron chi connectivity index (χ3n) is 2.76. The van der Waals surface area contributed by atoms with E-state index in [-0.39, 0.29) is 5.78 Å². The Hall–Kier alpha value is -2.36. The summed E-state index contributed by atoms with van der Waals surface area (Å²) in [7, 11) is 0. The molecule has 0 amide bonds. The van der Waals surface area contributed by atoms with Crippen molar-refractivity contribution < 1.29 is 13.6 Å². The molecule has 0 bridgehead atoms. The van der Waals surface area contributed by atoms with E-state index >= 15 is 0 Å². The van der Waals surface area contributed by atoms with Gasteiger partial charge in [-0.1, -0.05) is 6.92 Å². The Morgan fingerprint density at radius 2 is 2.22 bits per heavy atom. The van der Waals surface area contributed by atoms with Gasteiger partial charge in [0.25, 0.3) is 5.89 Å². The first kappa shape index (κ1) is 10.8. The number of Topliss-reactive ketones (excluding diaryl/α,β-unsaturated/α-hetero) is 1. The van der Waals surface area contributed by atoms with Gasteiger partial charge in [-0.25, -0.2) is 4.98 Å². The molecule has 90 valence electrons. The normalized spacial score (nSPS) is 10.9. The number of carbonyl (C=O) groups is 1. The van der Waals surface area contributed by atoms with E-state index in [1.54, 1.807) is 36.6 Å². The van der Waals surface area contributed by atoms with E-state index in [2.05, 4.69) is 4.98 Å². The molecule has 3 aromatic rings. The van der Waals surface area contributed by atoms with Gasteiger partial charge >= 0.3 is 0 Å². The molecule has 0 saturated carbocycles. The zero-order chi connectivity index (χ0) is 12.5. The summed E-state index contributed by atoms with van der Waals surface area (Å²) in [4.78, 5) is 15.9. The van der Waals surface area contributed by atoms with E-state index in [0.717, 1.165) is 0 Å². The zero-order valence-corrected chi connectivity index (χ0v) is 9.84. The maximum absolute atomic E-state index is 11.6. The highest BCUT2D eigenvalue weighted by atomic mass is 16.4. The smallest absolute Gasteiger partial charge is 0.263 e. The van der Waals surface area contributed by atoms with Gasteiger partial charge in [-0.3, -0.25) is 4.79 Å². The number of aromatic nitrogens is 1. The summed E-state index contributed by atoms with van der Waals surface area (Å²) in [5.41, 5.74) is 1.97. The minimum Gasteiger partial charge on any atom is -0.459 e. The average Bonchev–Trinajstić information content (AvgIpc) is 3.04. The molecule has 0 N–H and O–H groups in total. The highest BCUT2D eigenvalue weighted by molar-refractivity contribution is 5.98. The highest BCUT2D eigenvalue weighted by Gasteiger charge is 2.12. The van der Waals surface area contributed by atoms with Crippen molar-refractivity contribution >= 4 is 16.9 Å². The van der Waals surface area contributed by atoms with E-state index in [1.807, 2.05) is 6.92 Å². The van der Waals surface area contributed by atoms with Crippen LogP contribution in [0.4, 0.5) is 0 Å². The molecule has 2 heterocycles. The Kier molecular flexibility index (Phi) is 2.48. The lowest BCUT2D eigenvalue weighted by Gasteiger charge is -1.95. The van der Waals surface area contributed by atoms with Crippen molar-refractivity contribution in [3.05, 3.63) is 42.2 Å². The number of ketones is 1. The summed E-state index contributed by atoms with van der Waals surface area (Å²) in [5.74, 6) is 1.10. The van der Waals surface area contributed by atoms with Gasteiger partial charge in [0.1, 0.15) is 5.52 Å². The van der Waals surface area contributed by atoms with Crippen molar-refractivity contribution in [2.24, 2.45) is 0 Å². The molecule has 0 atom stereocenters. The third-order valence-corrected chi connectivity index (χ3v) is 2.76. The fourth-order valence-electron chi connectivity index (χ4n) is 1.81. The lowest BCUT2D eigenvalue weighted by atomic mass is 10.1. The van der Waals surface area contributed by atoms with Crippen molar-refractivity contribution in [1.29, 1.82) is 0 Å². The first-order valence-corrected chi connectivity index (χ1v) is 5.75. The maximum atomic E-state index is 11.6. The molecule has 0 spiro atoms. The molecular formula is C14H11NO3. The number of oxazole rings is 1. The second-order valence-corrected chi connectivity index (χ2v) is 3.96. The van der Waals surface area contributed by atoms with Crippen LogP contribution in [0.3, 0.4) is 0 Å². The van der Waals surface area contributed by atoms with E-state index < -0.39 is 0 Å². The second kappa shape index (κ2) is 4.14. The molecular weight excluding hydrogens is 230 g/mol. The lowest BCUT2D eigenvalue weighted by Crippen LogP contribution is -1.95. The molecule has 4 heteroatoms. The molecule has 0 aliphatic heterocycles. The number of hydrogen-bond donors (Lipinski definition) is 0. The van der Waals surface area contributed by atoms with Crippen LogP contribution >= 0.6 is 0 Å². The highest BCUT2D eigenvalue weighted by Crippen LogP contribution is 2.25. The molecule has 0 fully saturated rings. The van der Waals surface area contributed by atoms with Gasteiger partial charge in [-0.2, -0.15) is 0 Å². The minimum absolute atomic E-state index is 0.0967. The Bertz CT molecular complexity index is 695. The van der Waals surface area contributed by atoms with Crippen LogP contribution in [0.5, 0.6) is 0 Å². The molecule has 0 aliphatic rings. The topological polar surface area (TPSA) is 56.2 Å². The van der Waals surface area contributed by atoms with E-state index in [4.69, 9.17) is 8.83 Å². The summed E-state index contributed by atoms with van der Waals surface area (Å²) in [6, 6.07) is 8.82. The number of rotatable bonds is 3. The molecule has 0 saturated heterocycles. The van der Waals surface area contributed by atoms with E-state index in [1.165, 1.54) is 0 Å². The van der Waals surface area contributed by atoms with Gasteiger partial charge in [0.2, 0.25) is 0 Å². The number of carbonyl (C=O) groups excluding carboxylic acids is 1. The van der Waals surface area contributed by atoms with Crippen molar-refractivity contribution in [1.82, 2.24) is 4.98 Å². The van der Waals surface area contributed by atoms with Crippen LogP contribution in [-0.2, 0) is 0 Å². The number of furan rings is 1. The minimum atomic E-state index is 0.0967.